The van der Waals surface area contributed by atoms with Gasteiger partial charge in [-0.15, -0.1) is 0 Å². The van der Waals surface area contributed by atoms with Gasteiger partial charge in [-0.1, -0.05) is 29.0 Å². The topological polar surface area (TPSA) is 107 Å². The normalized spacial score (nSPS) is 19.8. The molecule has 2 N–H and O–H groups in total. The maximum absolute atomic E-state index is 15.9. The number of hydrogen-bond acceptors (Lipinski definition) is 10. The zero-order chi connectivity index (χ0) is 32.3. The fourth-order valence-electron chi connectivity index (χ4n) is 5.78. The average molecular weight is 672 g/mol. The van der Waals surface area contributed by atoms with Crippen LogP contribution in [-0.4, -0.2) is 94.4 Å². The molecule has 0 saturated carbocycles. The summed E-state index contributed by atoms with van der Waals surface area (Å²) in [4.78, 5) is 30.8. The predicted octanol–water partition coefficient (Wildman–Crippen LogP) is 5.75. The monoisotopic (exact) mass is 671 g/mol. The number of aromatic nitrogens is 3. The first-order valence-electron chi connectivity index (χ1n) is 14.5. The van der Waals surface area contributed by atoms with E-state index in [1.165, 1.54) is 29.8 Å². The summed E-state index contributed by atoms with van der Waals surface area (Å²) in [5.41, 5.74) is -0.337. The standard InChI is InChI=1S/C29H34ClF4N7O3S/c1-17-4-3-8-40(17)14-22-25(18-5-6-21(30)20(12-18)29(32,33)34)37-28(45-22)38-26-24(31)27(36-16-35-26)41-11-10-39(9-7-23(42)43)19(13-41)15-44-2/h5-6,12,16-17,19H,3-4,7-11,13-15H2,1-2H3,(H,42,43)(H,35,36,37,38)/t17-,19-/m1/s1. The van der Waals surface area contributed by atoms with E-state index in [9.17, 15) is 18.0 Å². The van der Waals surface area contributed by atoms with Gasteiger partial charge in [0, 0.05) is 56.3 Å². The minimum Gasteiger partial charge on any atom is -0.481 e. The Labute approximate surface area is 267 Å². The van der Waals surface area contributed by atoms with Crippen molar-refractivity contribution in [1.29, 1.82) is 0 Å². The molecule has 4 heterocycles. The van der Waals surface area contributed by atoms with Gasteiger partial charge in [-0.05, 0) is 38.4 Å². The van der Waals surface area contributed by atoms with E-state index in [0.717, 1.165) is 30.3 Å². The molecule has 2 aliphatic heterocycles. The van der Waals surface area contributed by atoms with Gasteiger partial charge in [-0.2, -0.15) is 17.6 Å². The number of piperazine rings is 1. The largest absolute Gasteiger partial charge is 0.481 e. The number of carboxylic acid groups (broad SMARTS) is 1. The van der Waals surface area contributed by atoms with Crippen LogP contribution in [0.15, 0.2) is 24.5 Å². The number of ether oxygens (including phenoxy) is 1. The summed E-state index contributed by atoms with van der Waals surface area (Å²) < 4.78 is 62.3. The van der Waals surface area contributed by atoms with Gasteiger partial charge in [0.2, 0.25) is 5.82 Å². The Kier molecular flexibility index (Phi) is 10.4. The lowest BCUT2D eigenvalue weighted by Gasteiger charge is -2.41. The second-order valence-electron chi connectivity index (χ2n) is 11.2. The highest BCUT2D eigenvalue weighted by atomic mass is 35.5. The fourth-order valence-corrected chi connectivity index (χ4v) is 7.01. The zero-order valence-electron chi connectivity index (χ0n) is 24.8. The molecule has 244 valence electrons. The van der Waals surface area contributed by atoms with Crippen molar-refractivity contribution in [3.8, 4) is 11.3 Å². The van der Waals surface area contributed by atoms with Crippen molar-refractivity contribution < 1.29 is 32.2 Å². The number of benzene rings is 1. The van der Waals surface area contributed by atoms with Crippen LogP contribution < -0.4 is 10.2 Å². The molecule has 2 aromatic heterocycles. The highest BCUT2D eigenvalue weighted by Gasteiger charge is 2.34. The van der Waals surface area contributed by atoms with Gasteiger partial charge in [-0.25, -0.2) is 15.0 Å². The molecule has 5 rings (SSSR count). The predicted molar refractivity (Wildman–Crippen MR) is 164 cm³/mol. The second kappa shape index (κ2) is 14.1. The SMILES string of the molecule is COC[C@H]1CN(c2ncnc(Nc3nc(-c4ccc(Cl)c(C(F)(F)F)c4)c(CN4CCC[C@H]4C)s3)c2F)CCN1CCC(=O)O. The molecule has 0 spiro atoms. The summed E-state index contributed by atoms with van der Waals surface area (Å²) >= 11 is 7.12. The van der Waals surface area contributed by atoms with Gasteiger partial charge in [0.25, 0.3) is 0 Å². The molecule has 2 aliphatic rings. The summed E-state index contributed by atoms with van der Waals surface area (Å²) in [6.07, 6.45) is -1.38. The first-order valence-corrected chi connectivity index (χ1v) is 15.7. The summed E-state index contributed by atoms with van der Waals surface area (Å²) in [7, 11) is 1.55. The molecule has 2 saturated heterocycles. The van der Waals surface area contributed by atoms with Crippen molar-refractivity contribution in [3.63, 3.8) is 0 Å². The van der Waals surface area contributed by atoms with Crippen molar-refractivity contribution >= 4 is 45.7 Å². The Bertz CT molecular complexity index is 1510. The number of carboxylic acids is 1. The Morgan fingerprint density at radius 3 is 2.71 bits per heavy atom. The average Bonchev–Trinajstić information content (AvgIpc) is 3.58. The van der Waals surface area contributed by atoms with Crippen molar-refractivity contribution in [2.24, 2.45) is 0 Å². The maximum atomic E-state index is 15.9. The fraction of sp³-hybridized carbons (Fsp3) is 0.517. The number of thiazole rings is 1. The van der Waals surface area contributed by atoms with Crippen LogP contribution in [0.25, 0.3) is 11.3 Å². The lowest BCUT2D eigenvalue weighted by atomic mass is 10.1. The van der Waals surface area contributed by atoms with Gasteiger partial charge in [-0.3, -0.25) is 14.6 Å². The maximum Gasteiger partial charge on any atom is 0.417 e. The van der Waals surface area contributed by atoms with E-state index in [2.05, 4.69) is 32.1 Å². The molecule has 0 bridgehead atoms. The molecule has 0 unspecified atom stereocenters. The number of anilines is 3. The van der Waals surface area contributed by atoms with E-state index in [4.69, 9.17) is 21.4 Å². The molecule has 16 heteroatoms. The molecule has 0 radical (unpaired) electrons. The number of carbonyl (C=O) groups is 1. The molecule has 0 aliphatic carbocycles. The number of nitrogens with one attached hydrogen (secondary N) is 1. The Morgan fingerprint density at radius 1 is 1.22 bits per heavy atom. The molecule has 2 atom stereocenters. The van der Waals surface area contributed by atoms with Gasteiger partial charge < -0.3 is 20.1 Å². The molecule has 45 heavy (non-hydrogen) atoms. The molecule has 10 nitrogen and oxygen atoms in total. The third-order valence-corrected chi connectivity index (χ3v) is 9.44. The number of hydrogen-bond donors (Lipinski definition) is 2. The lowest BCUT2D eigenvalue weighted by molar-refractivity contribution is -0.138. The number of halogens is 5. The van der Waals surface area contributed by atoms with Crippen molar-refractivity contribution in [2.75, 3.05) is 56.7 Å². The van der Waals surface area contributed by atoms with Gasteiger partial charge >= 0.3 is 12.1 Å². The van der Waals surface area contributed by atoms with Crippen LogP contribution in [-0.2, 0) is 22.3 Å². The summed E-state index contributed by atoms with van der Waals surface area (Å²) in [6.45, 7) is 5.37. The Morgan fingerprint density at radius 2 is 2.02 bits per heavy atom. The van der Waals surface area contributed by atoms with Crippen LogP contribution in [0.2, 0.25) is 5.02 Å². The van der Waals surface area contributed by atoms with Gasteiger partial charge in [0.15, 0.2) is 16.8 Å². The minimum absolute atomic E-state index is 0.0157. The van der Waals surface area contributed by atoms with Crippen LogP contribution >= 0.6 is 22.9 Å². The van der Waals surface area contributed by atoms with Crippen molar-refractivity contribution in [1.82, 2.24) is 24.8 Å². The zero-order valence-corrected chi connectivity index (χ0v) is 26.4. The highest BCUT2D eigenvalue weighted by Crippen LogP contribution is 2.40. The van der Waals surface area contributed by atoms with E-state index in [0.29, 0.717) is 51.1 Å². The first-order chi connectivity index (χ1) is 21.4. The molecular weight excluding hydrogens is 638 g/mol. The Hall–Kier alpha value is -3.11. The number of likely N-dealkylation sites (tertiary alicyclic amines) is 1. The van der Waals surface area contributed by atoms with Crippen LogP contribution in [0.5, 0.6) is 0 Å². The van der Waals surface area contributed by atoms with Crippen molar-refractivity contribution in [2.45, 2.75) is 51.0 Å². The van der Waals surface area contributed by atoms with Gasteiger partial charge in [0.1, 0.15) is 6.33 Å². The van der Waals surface area contributed by atoms with Crippen molar-refractivity contribution in [3.05, 3.63) is 45.8 Å². The summed E-state index contributed by atoms with van der Waals surface area (Å²) in [6, 6.07) is 3.84. The van der Waals surface area contributed by atoms with Crippen LogP contribution in [0.3, 0.4) is 0 Å². The number of methoxy groups -OCH3 is 1. The van der Waals surface area contributed by atoms with E-state index >= 15 is 4.39 Å². The molecule has 2 fully saturated rings. The number of nitrogens with zero attached hydrogens (tertiary/aromatic N) is 6. The summed E-state index contributed by atoms with van der Waals surface area (Å²) in [5, 5.41) is 11.9. The molecule has 0 amide bonds. The number of alkyl halides is 3. The molecular formula is C29H34ClF4N7O3S. The first kappa shape index (κ1) is 33.3. The molecule has 1 aromatic carbocycles. The summed E-state index contributed by atoms with van der Waals surface area (Å²) in [5.74, 6) is -1.65. The molecule has 3 aromatic rings. The van der Waals surface area contributed by atoms with Crippen LogP contribution in [0.1, 0.15) is 36.6 Å². The van der Waals surface area contributed by atoms with E-state index in [1.807, 2.05) is 4.90 Å². The number of rotatable bonds is 11. The van der Waals surface area contributed by atoms with E-state index in [-0.39, 0.29) is 34.8 Å². The van der Waals surface area contributed by atoms with Crippen LogP contribution in [0.4, 0.5) is 34.3 Å². The van der Waals surface area contributed by atoms with E-state index < -0.39 is 28.5 Å². The van der Waals surface area contributed by atoms with Crippen LogP contribution in [0, 0.1) is 5.82 Å². The Balaban J connectivity index is 1.42. The third kappa shape index (κ3) is 7.83. The number of aliphatic carboxylic acids is 1. The smallest absolute Gasteiger partial charge is 0.417 e. The lowest BCUT2D eigenvalue weighted by Crippen LogP contribution is -2.55. The van der Waals surface area contributed by atoms with Gasteiger partial charge in [0.05, 0.1) is 35.3 Å². The quantitative estimate of drug-likeness (QED) is 0.245. The highest BCUT2D eigenvalue weighted by molar-refractivity contribution is 7.16. The second-order valence-corrected chi connectivity index (χ2v) is 12.7. The minimum atomic E-state index is -4.64. The third-order valence-electron chi connectivity index (χ3n) is 8.15. The van der Waals surface area contributed by atoms with E-state index in [1.54, 1.807) is 12.0 Å².